The molecule has 0 saturated carbocycles. The highest BCUT2D eigenvalue weighted by molar-refractivity contribution is 8.00. The Labute approximate surface area is 823 Å². The molecule has 12 rings (SSSR count). The number of aromatic amines is 6. The van der Waals surface area contributed by atoms with Crippen LogP contribution < -0.4 is 59.3 Å². The lowest BCUT2D eigenvalue weighted by Crippen LogP contribution is -2.62. The predicted molar refractivity (Wildman–Crippen MR) is 583 cm³/mol. The molecule has 12 aromatic rings. The maximum atomic E-state index is 16.3. The Morgan fingerprint density at radius 2 is 0.431 bits per heavy atom. The number of benzene rings is 6. The predicted octanol–water partition coefficient (Wildman–Crippen LogP) is 12.6. The summed E-state index contributed by atoms with van der Waals surface area (Å²) in [5, 5.41) is 32.1. The van der Waals surface area contributed by atoms with Crippen LogP contribution >= 0.6 is 76.1 Å². The van der Waals surface area contributed by atoms with Crippen LogP contribution in [0.1, 0.15) is 59.1 Å². The Bertz CT molecular complexity index is 6050. The number of amides is 10. The van der Waals surface area contributed by atoms with Crippen molar-refractivity contribution in [1.29, 1.82) is 0 Å². The van der Waals surface area contributed by atoms with E-state index in [1.807, 2.05) is 146 Å². The van der Waals surface area contributed by atoms with Crippen LogP contribution in [-0.4, -0.2) is 300 Å². The van der Waals surface area contributed by atoms with Gasteiger partial charge in [0, 0.05) is 273 Å². The highest BCUT2D eigenvalue weighted by atomic mass is 32.2. The van der Waals surface area contributed by atoms with Gasteiger partial charge in [-0.3, -0.25) is 47.9 Å². The Morgan fingerprint density at radius 1 is 0.255 bits per heavy atom. The summed E-state index contributed by atoms with van der Waals surface area (Å²) in [5.74, 6) is -3.81. The van der Waals surface area contributed by atoms with Crippen LogP contribution in [0.5, 0.6) is 0 Å². The summed E-state index contributed by atoms with van der Waals surface area (Å²) in [6.07, 6.45) is 17.8. The van der Waals surface area contributed by atoms with Gasteiger partial charge in [-0.05, 0) is 118 Å². The summed E-state index contributed by atoms with van der Waals surface area (Å²) in [6, 6.07) is 32.3. The number of hydrogen-bond acceptors (Lipinski definition) is 15. The van der Waals surface area contributed by atoms with Gasteiger partial charge in [0.2, 0.25) is 59.1 Å². The second kappa shape index (κ2) is 49.9. The Balaban J connectivity index is 0.869. The van der Waals surface area contributed by atoms with E-state index in [9.17, 15) is 9.59 Å². The highest BCUT2D eigenvalue weighted by Crippen LogP contribution is 2.49. The van der Waals surface area contributed by atoms with E-state index in [0.717, 1.165) is 133 Å². The van der Waals surface area contributed by atoms with E-state index < -0.39 is 149 Å². The molecule has 27 nitrogen and oxygen atoms in total. The second-order valence-corrected chi connectivity index (χ2v) is 64.4. The van der Waals surface area contributed by atoms with Gasteiger partial charge in [-0.2, -0.15) is 47.0 Å². The van der Waals surface area contributed by atoms with E-state index in [1.54, 1.807) is 48.9 Å². The first-order valence-electron chi connectivity index (χ1n) is 47.0. The molecule has 0 unspecified atom stereocenters. The van der Waals surface area contributed by atoms with Crippen molar-refractivity contribution in [2.45, 2.75) is 125 Å². The molecule has 6 heterocycles. The zero-order valence-electron chi connectivity index (χ0n) is 80.8. The van der Waals surface area contributed by atoms with Crippen molar-refractivity contribution in [2.75, 3.05) is 151 Å². The van der Waals surface area contributed by atoms with E-state index in [4.69, 9.17) is 11.5 Å². The van der Waals surface area contributed by atoms with E-state index in [1.165, 1.54) is 35.3 Å². The first kappa shape index (κ1) is 106. The molecule has 0 aliphatic rings. The molecule has 0 spiro atoms. The van der Waals surface area contributed by atoms with E-state index in [0.29, 0.717) is 45.1 Å². The van der Waals surface area contributed by atoms with Crippen LogP contribution in [0.25, 0.3) is 65.4 Å². The van der Waals surface area contributed by atoms with Gasteiger partial charge >= 0.3 is 0 Å². The van der Waals surface area contributed by atoms with Crippen molar-refractivity contribution in [2.24, 2.45) is 11.5 Å². The summed E-state index contributed by atoms with van der Waals surface area (Å²) < 4.78 is 0. The third-order valence-corrected chi connectivity index (χ3v) is 35.5. The van der Waals surface area contributed by atoms with Crippen molar-refractivity contribution in [3.05, 3.63) is 216 Å². The number of H-pyrrole nitrogens is 6. The van der Waals surface area contributed by atoms with Crippen LogP contribution in [0.4, 0.5) is 0 Å². The first-order valence-corrected chi connectivity index (χ1v) is 64.9. The smallest absolute Gasteiger partial charge is 0.244 e. The lowest BCUT2D eigenvalue weighted by molar-refractivity contribution is -0.135. The van der Waals surface area contributed by atoms with E-state index in [2.05, 4.69) is 158 Å². The van der Waals surface area contributed by atoms with Crippen LogP contribution in [0.2, 0.25) is 0 Å². The molecule has 35 heteroatoms. The molecule has 10 amide bonds. The number of thioether (sulfide) groups is 4. The minimum absolute atomic E-state index is 0.00870. The summed E-state index contributed by atoms with van der Waals surface area (Å²) in [6.45, 7) is 27.3. The fourth-order valence-corrected chi connectivity index (χ4v) is 26.0. The van der Waals surface area contributed by atoms with Crippen LogP contribution in [0.15, 0.2) is 183 Å². The number of carbonyl (C=O) groups is 10. The summed E-state index contributed by atoms with van der Waals surface area (Å²) in [4.78, 5) is 175. The minimum atomic E-state index is -1.48. The topological polar surface area (TPSA) is 426 Å². The average Bonchev–Trinajstić information content (AvgIpc) is 1.70. The molecule has 0 bridgehead atoms. The molecule has 10 atom stereocenters. The van der Waals surface area contributed by atoms with Gasteiger partial charge in [0.15, 0.2) is 0 Å². The molecule has 19 N–H and O–H groups in total. The van der Waals surface area contributed by atoms with Gasteiger partial charge in [-0.1, -0.05) is 109 Å². The fraction of sp³-hybridized carbons (Fsp3) is 0.431. The monoisotopic (exact) mass is 2010 g/mol. The molecule has 0 radical (unpaired) electrons. The lowest BCUT2D eigenvalue weighted by atomic mass is 10.0. The molecule has 732 valence electrons. The highest BCUT2D eigenvalue weighted by Gasteiger charge is 2.39. The molecule has 6 aromatic heterocycles. The third kappa shape index (κ3) is 32.2. The number of nitrogens with one attached hydrogen (secondary N) is 15. The van der Waals surface area contributed by atoms with Gasteiger partial charge in [0.1, 0.15) is 54.4 Å². The number of hydrogen-bond donors (Lipinski definition) is 17. The van der Waals surface area contributed by atoms with Crippen LogP contribution in [0, 0.1) is 0 Å². The molecular formula is C102H139N17O10P4S4+4. The maximum Gasteiger partial charge on any atom is 0.244 e. The standard InChI is InChI=1S/C102H135N17O10P4S4/c1-130(2,3)41-25-45-134-61-77(103)94(121)111-84(49-65-55-105-78-35-19-13-29-71(65)78)95(122)113-88(53-69-59-109-82-39-23-17-33-75(69)82)99(126)118-91(63-136-47-27-43-132(7,8)9)102(129)116-86(51-67-57-107-80-37-21-15-31-73(67)80)97(124)114-89(54-70-60-110-83-40-24-18-34-76(70)83)100(127)119-92(64-137-48-28-44-133(10,11)12)101(128)115-85(50-66-56-106-79-36-20-14-30-72(66)79)96(123)112-87(52-68-58-108-81-38-22-16-32-74(68)81)98(125)117-90(93(104)120)62-135-46-26-42-131(4,5)6/h13-24,29-40,55-60,77,84-92,105-110H,25-28,41-54,61-64,103H2,1-12H3,(H7-4,104,111,112,113,114,115,116,117,118,119,120,121,122,123,124,125,126,127,128,129)/p+4/t77-,84-,85-,86-,87-,88-,89-,90-,91-,92-/m0/s1. The zero-order valence-corrected chi connectivity index (χ0v) is 87.7. The summed E-state index contributed by atoms with van der Waals surface area (Å²) in [7, 11) is -4.59. The average molecular weight is 2020 g/mol. The molecule has 0 aliphatic heterocycles. The molecule has 137 heavy (non-hydrogen) atoms. The van der Waals surface area contributed by atoms with E-state index in [-0.39, 0.29) is 55.8 Å². The Kier molecular flexibility index (Phi) is 38.7. The molecular weight excluding hydrogens is 1880 g/mol. The fourth-order valence-electron chi connectivity index (χ4n) is 16.8. The zero-order chi connectivity index (χ0) is 98.1. The quantitative estimate of drug-likeness (QED) is 0.0124. The number of aromatic nitrogens is 6. The first-order chi connectivity index (χ1) is 65.4. The minimum Gasteiger partial charge on any atom is -0.368 e. The number of fused-ring (bicyclic) bond motifs is 6. The normalized spacial score (nSPS) is 14.4. The van der Waals surface area contributed by atoms with Gasteiger partial charge in [0.25, 0.3) is 0 Å². The maximum absolute atomic E-state index is 16.3. The van der Waals surface area contributed by atoms with Crippen LogP contribution in [0.3, 0.4) is 0 Å². The van der Waals surface area contributed by atoms with Gasteiger partial charge < -0.3 is 89.2 Å². The SMILES string of the molecule is C[P+](C)(C)CCCSC[C@H](NC(=O)[C@H](Cc1c[nH]c2ccccc12)NC(=O)[C@H](Cc1c[nH]c2ccccc12)NC(=O)[C@H](CSCCC[P+](C)(C)C)NC(=O)[C@H](Cc1c[nH]c2ccccc12)NC(=O)[C@H](Cc1c[nH]c2ccccc12)NC(=O)[C@H](CSCCC[P+](C)(C)C)NC(=O)[C@H](Cc1c[nH]c2ccccc12)NC(=O)[C@H](Cc1c[nH]c2ccccc12)NC(=O)[C@@H](N)CSCCC[P+](C)(C)C)C(N)=O. The molecule has 0 fully saturated rings. The largest absolute Gasteiger partial charge is 0.368 e. The Morgan fingerprint density at radius 3 is 0.642 bits per heavy atom. The summed E-state index contributed by atoms with van der Waals surface area (Å²) >= 11 is 6.02. The van der Waals surface area contributed by atoms with Gasteiger partial charge in [-0.15, -0.1) is 0 Å². The number of rotatable bonds is 55. The Hall–Kier alpha value is -9.66. The van der Waals surface area contributed by atoms with Crippen LogP contribution in [-0.2, 0) is 86.5 Å². The molecule has 0 saturated heterocycles. The van der Waals surface area contributed by atoms with E-state index >= 15 is 38.4 Å². The molecule has 6 aromatic carbocycles. The molecule has 0 aliphatic carbocycles. The second-order valence-electron chi connectivity index (χ2n) is 39.7. The van der Waals surface area contributed by atoms with Crippen molar-refractivity contribution in [1.82, 2.24) is 77.8 Å². The van der Waals surface area contributed by atoms with Crippen molar-refractivity contribution in [3.8, 4) is 0 Å². The van der Waals surface area contributed by atoms with Gasteiger partial charge in [0.05, 0.1) is 30.7 Å². The number of carbonyl (C=O) groups excluding carboxylic acids is 10. The lowest BCUT2D eigenvalue weighted by Gasteiger charge is -2.28. The van der Waals surface area contributed by atoms with Crippen molar-refractivity contribution in [3.63, 3.8) is 0 Å². The number of para-hydroxylation sites is 6. The summed E-state index contributed by atoms with van der Waals surface area (Å²) in [5.41, 5.74) is 21.4. The number of nitrogens with two attached hydrogens (primary N) is 2. The van der Waals surface area contributed by atoms with Crippen molar-refractivity contribution < 1.29 is 47.9 Å². The number of primary amides is 1. The van der Waals surface area contributed by atoms with Gasteiger partial charge in [-0.25, -0.2) is 0 Å². The van der Waals surface area contributed by atoms with Crippen molar-refractivity contribution >= 4 is 201 Å². The third-order valence-electron chi connectivity index (χ3n) is 24.3.